The summed E-state index contributed by atoms with van der Waals surface area (Å²) in [6.07, 6.45) is 0. The van der Waals surface area contributed by atoms with Crippen LogP contribution < -0.4 is 5.48 Å². The molecule has 0 saturated carbocycles. The van der Waals surface area contributed by atoms with E-state index in [-0.39, 0.29) is 11.3 Å². The van der Waals surface area contributed by atoms with Crippen molar-refractivity contribution in [3.8, 4) is 0 Å². The highest BCUT2D eigenvalue weighted by atomic mass is 127. The molecule has 1 rings (SSSR count). The molecule has 0 bridgehead atoms. The number of nitro benzene ring substituents is 1. The Morgan fingerprint density at radius 3 is 2.56 bits per heavy atom. The fraction of sp³-hybridized carbons (Fsp3) is 0.364. The Bertz CT molecular complexity index is 482. The molecule has 0 heterocycles. The van der Waals surface area contributed by atoms with Gasteiger partial charge in [0.15, 0.2) is 0 Å². The van der Waals surface area contributed by atoms with Crippen LogP contribution in [0.5, 0.6) is 0 Å². The van der Waals surface area contributed by atoms with Gasteiger partial charge < -0.3 is 0 Å². The van der Waals surface area contributed by atoms with Gasteiger partial charge in [-0.05, 0) is 55.5 Å². The van der Waals surface area contributed by atoms with Gasteiger partial charge in [-0.15, -0.1) is 0 Å². The van der Waals surface area contributed by atoms with Crippen molar-refractivity contribution in [1.29, 1.82) is 0 Å². The van der Waals surface area contributed by atoms with Gasteiger partial charge in [-0.2, -0.15) is 0 Å². The van der Waals surface area contributed by atoms with E-state index >= 15 is 0 Å². The van der Waals surface area contributed by atoms with Crippen molar-refractivity contribution in [3.05, 3.63) is 37.4 Å². The fourth-order valence-electron chi connectivity index (χ4n) is 1.10. The summed E-state index contributed by atoms with van der Waals surface area (Å²) < 4.78 is 0.688. The van der Waals surface area contributed by atoms with E-state index in [1.165, 1.54) is 12.1 Å². The highest BCUT2D eigenvalue weighted by Gasteiger charge is 2.22. The third kappa shape index (κ3) is 4.22. The second kappa shape index (κ2) is 5.61. The van der Waals surface area contributed by atoms with Gasteiger partial charge >= 0.3 is 0 Å². The second-order valence-electron chi connectivity index (χ2n) is 4.56. The minimum absolute atomic E-state index is 0.0235. The second-order valence-corrected chi connectivity index (χ2v) is 5.81. The minimum atomic E-state index is -0.631. The van der Waals surface area contributed by atoms with Crippen LogP contribution in [0.4, 0.5) is 5.69 Å². The van der Waals surface area contributed by atoms with Crippen molar-refractivity contribution in [1.82, 2.24) is 5.48 Å². The van der Waals surface area contributed by atoms with Crippen LogP contribution >= 0.6 is 22.6 Å². The van der Waals surface area contributed by atoms with Gasteiger partial charge in [0.1, 0.15) is 5.56 Å². The molecule has 0 aliphatic heterocycles. The summed E-state index contributed by atoms with van der Waals surface area (Å²) in [7, 11) is 0. The van der Waals surface area contributed by atoms with Crippen LogP contribution in [0.1, 0.15) is 31.1 Å². The van der Waals surface area contributed by atoms with Gasteiger partial charge in [-0.1, -0.05) is 0 Å². The molecule has 0 aromatic heterocycles. The smallest absolute Gasteiger partial charge is 0.268 e. The number of amides is 1. The van der Waals surface area contributed by atoms with Crippen molar-refractivity contribution in [2.24, 2.45) is 0 Å². The van der Waals surface area contributed by atoms with Crippen molar-refractivity contribution >= 4 is 34.2 Å². The molecule has 0 spiro atoms. The molecule has 0 aliphatic carbocycles. The standard InChI is InChI=1S/C11H13IN2O4/c1-11(2,3)18-13-10(15)8-5-4-7(12)6-9(8)14(16)17/h4-6H,1-3H3,(H,13,15). The summed E-state index contributed by atoms with van der Waals surface area (Å²) in [4.78, 5) is 27.1. The Kier molecular flexibility index (Phi) is 4.63. The van der Waals surface area contributed by atoms with Crippen LogP contribution in [-0.4, -0.2) is 16.4 Å². The molecule has 18 heavy (non-hydrogen) atoms. The molecule has 0 radical (unpaired) electrons. The summed E-state index contributed by atoms with van der Waals surface area (Å²) in [6.45, 7) is 5.28. The van der Waals surface area contributed by atoms with E-state index in [0.29, 0.717) is 3.57 Å². The molecule has 0 aliphatic rings. The molecule has 1 N–H and O–H groups in total. The number of carbonyl (C=O) groups is 1. The number of hydrogen-bond acceptors (Lipinski definition) is 4. The third-order valence-corrected chi connectivity index (χ3v) is 2.52. The van der Waals surface area contributed by atoms with E-state index in [1.54, 1.807) is 26.8 Å². The Morgan fingerprint density at radius 1 is 1.44 bits per heavy atom. The predicted molar refractivity (Wildman–Crippen MR) is 74.1 cm³/mol. The molecule has 98 valence electrons. The lowest BCUT2D eigenvalue weighted by Gasteiger charge is -2.18. The van der Waals surface area contributed by atoms with Crippen LogP contribution in [0.15, 0.2) is 18.2 Å². The largest absolute Gasteiger partial charge is 0.283 e. The van der Waals surface area contributed by atoms with E-state index in [2.05, 4.69) is 5.48 Å². The summed E-state index contributed by atoms with van der Waals surface area (Å²) in [5, 5.41) is 10.9. The number of nitro groups is 1. The maximum Gasteiger partial charge on any atom is 0.283 e. The summed E-state index contributed by atoms with van der Waals surface area (Å²) >= 11 is 1.95. The van der Waals surface area contributed by atoms with Gasteiger partial charge in [0, 0.05) is 9.64 Å². The van der Waals surface area contributed by atoms with Crippen molar-refractivity contribution < 1.29 is 14.6 Å². The first-order chi connectivity index (χ1) is 8.20. The zero-order valence-electron chi connectivity index (χ0n) is 10.2. The van der Waals surface area contributed by atoms with Crippen LogP contribution in [0, 0.1) is 13.7 Å². The van der Waals surface area contributed by atoms with Gasteiger partial charge in [0.2, 0.25) is 0 Å². The maximum atomic E-state index is 11.8. The summed E-state index contributed by atoms with van der Waals surface area (Å²) in [5.74, 6) is -0.631. The topological polar surface area (TPSA) is 81.5 Å². The van der Waals surface area contributed by atoms with E-state index in [1.807, 2.05) is 22.6 Å². The Labute approximate surface area is 118 Å². The molecule has 1 amide bonds. The minimum Gasteiger partial charge on any atom is -0.268 e. The zero-order valence-corrected chi connectivity index (χ0v) is 12.3. The molecule has 1 aromatic carbocycles. The first-order valence-corrected chi connectivity index (χ1v) is 6.21. The Balaban J connectivity index is 2.95. The van der Waals surface area contributed by atoms with E-state index < -0.39 is 16.4 Å². The molecule has 0 atom stereocenters. The van der Waals surface area contributed by atoms with Crippen molar-refractivity contribution in [2.45, 2.75) is 26.4 Å². The lowest BCUT2D eigenvalue weighted by molar-refractivity contribution is -0.385. The molecule has 0 fully saturated rings. The van der Waals surface area contributed by atoms with Gasteiger partial charge in [-0.3, -0.25) is 19.7 Å². The number of nitrogens with zero attached hydrogens (tertiary/aromatic N) is 1. The van der Waals surface area contributed by atoms with Crippen molar-refractivity contribution in [2.75, 3.05) is 0 Å². The molecule has 0 unspecified atom stereocenters. The number of benzene rings is 1. The number of hydroxylamine groups is 1. The zero-order chi connectivity index (χ0) is 13.9. The number of rotatable bonds is 3. The van der Waals surface area contributed by atoms with Crippen LogP contribution in [0.3, 0.4) is 0 Å². The number of carbonyl (C=O) groups excluding carboxylic acids is 1. The predicted octanol–water partition coefficient (Wildman–Crippen LogP) is 2.66. The highest BCUT2D eigenvalue weighted by Crippen LogP contribution is 2.21. The van der Waals surface area contributed by atoms with Crippen molar-refractivity contribution in [3.63, 3.8) is 0 Å². The van der Waals surface area contributed by atoms with E-state index in [4.69, 9.17) is 4.84 Å². The van der Waals surface area contributed by atoms with E-state index in [9.17, 15) is 14.9 Å². The van der Waals surface area contributed by atoms with Gasteiger partial charge in [0.25, 0.3) is 11.6 Å². The van der Waals surface area contributed by atoms with E-state index in [0.717, 1.165) is 0 Å². The van der Waals surface area contributed by atoms with Crippen LogP contribution in [0.2, 0.25) is 0 Å². The molecule has 7 heteroatoms. The highest BCUT2D eigenvalue weighted by molar-refractivity contribution is 14.1. The Morgan fingerprint density at radius 2 is 2.06 bits per heavy atom. The lowest BCUT2D eigenvalue weighted by atomic mass is 10.2. The lowest BCUT2D eigenvalue weighted by Crippen LogP contribution is -2.33. The van der Waals surface area contributed by atoms with Gasteiger partial charge in [0.05, 0.1) is 10.5 Å². The number of nitrogens with one attached hydrogen (secondary N) is 1. The quantitative estimate of drug-likeness (QED) is 0.508. The molecule has 1 aromatic rings. The Hall–Kier alpha value is -1.22. The molecule has 6 nitrogen and oxygen atoms in total. The SMILES string of the molecule is CC(C)(C)ONC(=O)c1ccc(I)cc1[N+](=O)[O-]. The number of halogens is 1. The first kappa shape index (κ1) is 14.8. The summed E-state index contributed by atoms with van der Waals surface area (Å²) in [5.41, 5.74) is 1.38. The summed E-state index contributed by atoms with van der Waals surface area (Å²) in [6, 6.07) is 4.37. The average molecular weight is 364 g/mol. The molecular formula is C11H13IN2O4. The third-order valence-electron chi connectivity index (χ3n) is 1.85. The molecule has 0 saturated heterocycles. The number of hydrogen-bond donors (Lipinski definition) is 1. The monoisotopic (exact) mass is 364 g/mol. The first-order valence-electron chi connectivity index (χ1n) is 5.13. The molecular weight excluding hydrogens is 351 g/mol. The van der Waals surface area contributed by atoms with Crippen LogP contribution in [-0.2, 0) is 4.84 Å². The average Bonchev–Trinajstić information content (AvgIpc) is 2.24. The maximum absolute atomic E-state index is 11.8. The normalized spacial score (nSPS) is 11.1. The fourth-order valence-corrected chi connectivity index (χ4v) is 1.58. The van der Waals surface area contributed by atoms with Gasteiger partial charge in [-0.25, -0.2) is 5.48 Å². The van der Waals surface area contributed by atoms with Crippen LogP contribution in [0.25, 0.3) is 0 Å².